The molecule has 0 spiro atoms. The number of para-hydroxylation sites is 2. The number of hydrogen-bond donors (Lipinski definition) is 0. The van der Waals surface area contributed by atoms with Gasteiger partial charge in [0.15, 0.2) is 17.5 Å². The van der Waals surface area contributed by atoms with Crippen LogP contribution in [0.2, 0.25) is 0 Å². The molecule has 8 aromatic carbocycles. The minimum Gasteiger partial charge on any atom is -0.455 e. The van der Waals surface area contributed by atoms with Crippen molar-refractivity contribution in [3.05, 3.63) is 170 Å². The van der Waals surface area contributed by atoms with Crippen LogP contribution in [0.5, 0.6) is 0 Å². The topological polar surface area (TPSA) is 56.7 Å². The molecule has 0 amide bonds. The molecule has 0 saturated carbocycles. The van der Waals surface area contributed by atoms with Gasteiger partial charge in [-0.15, -0.1) is 0 Å². The summed E-state index contributed by atoms with van der Waals surface area (Å²) in [5.41, 5.74) is 7.86. The fraction of sp³-hybridized carbons (Fsp3) is 0. The second-order valence-corrected chi connectivity index (χ2v) is 13.2. The van der Waals surface area contributed by atoms with E-state index in [1.54, 1.807) is 0 Å². The Morgan fingerprint density at radius 2 is 1.00 bits per heavy atom. The third-order valence-electron chi connectivity index (χ3n) is 10.2. The number of furan rings is 1. The fourth-order valence-corrected chi connectivity index (χ4v) is 7.84. The summed E-state index contributed by atoms with van der Waals surface area (Å²) in [5, 5.41) is 9.16. The van der Waals surface area contributed by atoms with E-state index in [4.69, 9.17) is 19.4 Å². The molecule has 0 saturated heterocycles. The lowest BCUT2D eigenvalue weighted by Crippen LogP contribution is -2.00. The van der Waals surface area contributed by atoms with Crippen LogP contribution in [0.3, 0.4) is 0 Å². The Morgan fingerprint density at radius 3 is 1.75 bits per heavy atom. The van der Waals surface area contributed by atoms with E-state index < -0.39 is 0 Å². The summed E-state index contributed by atoms with van der Waals surface area (Å²) < 4.78 is 9.04. The first-order chi connectivity index (χ1) is 25.8. The molecule has 242 valence electrons. The Bertz CT molecular complexity index is 3120. The molecule has 3 heterocycles. The molecule has 0 aliphatic carbocycles. The average Bonchev–Trinajstić information content (AvgIpc) is 3.77. The predicted octanol–water partition coefficient (Wildman–Crippen LogP) is 12.2. The highest BCUT2D eigenvalue weighted by Gasteiger charge is 2.21. The van der Waals surface area contributed by atoms with Crippen LogP contribution in [0, 0.1) is 0 Å². The van der Waals surface area contributed by atoms with E-state index in [0.29, 0.717) is 17.5 Å². The van der Waals surface area contributed by atoms with Crippen molar-refractivity contribution in [3.8, 4) is 39.9 Å². The van der Waals surface area contributed by atoms with Gasteiger partial charge in [-0.2, -0.15) is 0 Å². The molecular weight excluding hydrogens is 637 g/mol. The zero-order valence-corrected chi connectivity index (χ0v) is 27.9. The monoisotopic (exact) mass is 664 g/mol. The molecule has 0 radical (unpaired) electrons. The molecule has 0 bridgehead atoms. The number of rotatable bonds is 4. The van der Waals surface area contributed by atoms with Crippen molar-refractivity contribution in [1.29, 1.82) is 0 Å². The largest absolute Gasteiger partial charge is 0.455 e. The molecule has 52 heavy (non-hydrogen) atoms. The number of benzene rings is 8. The fourth-order valence-electron chi connectivity index (χ4n) is 7.84. The third kappa shape index (κ3) is 4.33. The van der Waals surface area contributed by atoms with E-state index >= 15 is 0 Å². The third-order valence-corrected chi connectivity index (χ3v) is 10.2. The molecule has 0 unspecified atom stereocenters. The molecule has 11 aromatic rings. The molecule has 0 fully saturated rings. The van der Waals surface area contributed by atoms with E-state index in [2.05, 4.69) is 102 Å². The second kappa shape index (κ2) is 11.2. The number of fused-ring (bicyclic) bond motifs is 10. The molecule has 5 nitrogen and oxygen atoms in total. The second-order valence-electron chi connectivity index (χ2n) is 13.2. The van der Waals surface area contributed by atoms with Gasteiger partial charge in [-0.25, -0.2) is 15.0 Å². The van der Waals surface area contributed by atoms with Crippen LogP contribution >= 0.6 is 0 Å². The quantitative estimate of drug-likeness (QED) is 0.188. The Kier molecular flexibility index (Phi) is 6.18. The molecule has 11 rings (SSSR count). The minimum atomic E-state index is 0.610. The lowest BCUT2D eigenvalue weighted by molar-refractivity contribution is 0.672. The van der Waals surface area contributed by atoms with E-state index in [9.17, 15) is 0 Å². The first kappa shape index (κ1) is 28.7. The van der Waals surface area contributed by atoms with Gasteiger partial charge in [0, 0.05) is 49.0 Å². The van der Waals surface area contributed by atoms with E-state index in [1.165, 1.54) is 21.5 Å². The highest BCUT2D eigenvalue weighted by atomic mass is 16.3. The maximum Gasteiger partial charge on any atom is 0.164 e. The zero-order chi connectivity index (χ0) is 34.2. The number of hydrogen-bond acceptors (Lipinski definition) is 4. The van der Waals surface area contributed by atoms with Crippen LogP contribution in [-0.4, -0.2) is 19.5 Å². The van der Waals surface area contributed by atoms with Crippen LogP contribution in [-0.2, 0) is 0 Å². The molecule has 0 aliphatic heterocycles. The summed E-state index contributed by atoms with van der Waals surface area (Å²) >= 11 is 0. The van der Waals surface area contributed by atoms with Crippen molar-refractivity contribution in [2.75, 3.05) is 0 Å². The Balaban J connectivity index is 1.25. The van der Waals surface area contributed by atoms with Crippen molar-refractivity contribution in [2.24, 2.45) is 0 Å². The average molecular weight is 665 g/mol. The summed E-state index contributed by atoms with van der Waals surface area (Å²) in [6, 6.07) is 59.1. The maximum atomic E-state index is 6.62. The Labute approximate surface area is 298 Å². The standard InChI is InChI=1S/C47H28N4O/c1-3-14-30(15-4-1)45-48-46(31-16-5-2-6-17-31)50-47(49-45)32-23-25-35-37(27-32)41(28-38-34-19-10-12-22-42(34)52-44(35)38)51-39-21-11-9-20-36(39)43-33-18-8-7-13-29(33)24-26-40(43)51/h1-28H. The van der Waals surface area contributed by atoms with Crippen molar-refractivity contribution in [3.63, 3.8) is 0 Å². The van der Waals surface area contributed by atoms with Crippen molar-refractivity contribution < 1.29 is 4.42 Å². The minimum absolute atomic E-state index is 0.610. The van der Waals surface area contributed by atoms with Crippen molar-refractivity contribution in [2.45, 2.75) is 0 Å². The summed E-state index contributed by atoms with van der Waals surface area (Å²) in [4.78, 5) is 15.1. The van der Waals surface area contributed by atoms with Crippen molar-refractivity contribution in [1.82, 2.24) is 19.5 Å². The summed E-state index contributed by atoms with van der Waals surface area (Å²) in [6.45, 7) is 0. The molecule has 3 aromatic heterocycles. The molecule has 0 N–H and O–H groups in total. The van der Waals surface area contributed by atoms with E-state index in [-0.39, 0.29) is 0 Å². The van der Waals surface area contributed by atoms with Gasteiger partial charge in [0.1, 0.15) is 11.2 Å². The smallest absolute Gasteiger partial charge is 0.164 e. The van der Waals surface area contributed by atoms with Gasteiger partial charge in [-0.3, -0.25) is 0 Å². The molecule has 0 atom stereocenters. The Hall–Kier alpha value is -7.11. The predicted molar refractivity (Wildman–Crippen MR) is 213 cm³/mol. The van der Waals surface area contributed by atoms with Gasteiger partial charge < -0.3 is 8.98 Å². The van der Waals surface area contributed by atoms with Crippen LogP contribution in [0.1, 0.15) is 0 Å². The first-order valence-electron chi connectivity index (χ1n) is 17.5. The lowest BCUT2D eigenvalue weighted by Gasteiger charge is -2.14. The summed E-state index contributed by atoms with van der Waals surface area (Å²) in [6.07, 6.45) is 0. The van der Waals surface area contributed by atoms with E-state index in [1.807, 2.05) is 72.8 Å². The summed E-state index contributed by atoms with van der Waals surface area (Å²) in [5.74, 6) is 1.87. The van der Waals surface area contributed by atoms with Gasteiger partial charge >= 0.3 is 0 Å². The molecular formula is C47H28N4O. The van der Waals surface area contributed by atoms with Crippen LogP contribution in [0.15, 0.2) is 174 Å². The van der Waals surface area contributed by atoms with Gasteiger partial charge in [-0.05, 0) is 47.2 Å². The van der Waals surface area contributed by atoms with E-state index in [0.717, 1.165) is 66.1 Å². The highest BCUT2D eigenvalue weighted by Crippen LogP contribution is 2.43. The zero-order valence-electron chi connectivity index (χ0n) is 27.9. The highest BCUT2D eigenvalue weighted by molar-refractivity contribution is 6.23. The van der Waals surface area contributed by atoms with Crippen LogP contribution in [0.25, 0.3) is 105 Å². The number of nitrogens with zero attached hydrogens (tertiary/aromatic N) is 4. The Morgan fingerprint density at radius 1 is 0.385 bits per heavy atom. The lowest BCUT2D eigenvalue weighted by atomic mass is 10.0. The first-order valence-corrected chi connectivity index (χ1v) is 17.5. The van der Waals surface area contributed by atoms with Crippen molar-refractivity contribution >= 4 is 65.3 Å². The van der Waals surface area contributed by atoms with Crippen LogP contribution in [0.4, 0.5) is 0 Å². The van der Waals surface area contributed by atoms with Crippen LogP contribution < -0.4 is 0 Å². The normalized spacial score (nSPS) is 11.8. The van der Waals surface area contributed by atoms with Gasteiger partial charge in [0.05, 0.1) is 16.7 Å². The van der Waals surface area contributed by atoms with Gasteiger partial charge in [-0.1, -0.05) is 133 Å². The SMILES string of the molecule is c1ccc(-c2nc(-c3ccccc3)nc(-c3ccc4c(c3)c(-n3c5ccccc5c5c6ccccc6ccc53)cc3c5ccccc5oc43)n2)cc1. The summed E-state index contributed by atoms with van der Waals surface area (Å²) in [7, 11) is 0. The van der Waals surface area contributed by atoms with Gasteiger partial charge in [0.25, 0.3) is 0 Å². The molecule has 5 heteroatoms. The molecule has 0 aliphatic rings. The number of aromatic nitrogens is 4. The van der Waals surface area contributed by atoms with Gasteiger partial charge in [0.2, 0.25) is 0 Å². The maximum absolute atomic E-state index is 6.62.